The molecule has 0 atom stereocenters. The van der Waals surface area contributed by atoms with Crippen LogP contribution < -0.4 is 0 Å². The van der Waals surface area contributed by atoms with Crippen LogP contribution >= 0.6 is 0 Å². The summed E-state index contributed by atoms with van der Waals surface area (Å²) < 4.78 is 0. The molecule has 0 aliphatic carbocycles. The molecule has 39 heavy (non-hydrogen) atoms. The van der Waals surface area contributed by atoms with Crippen molar-refractivity contribution in [1.82, 2.24) is 24.7 Å². The predicted octanol–water partition coefficient (Wildman–Crippen LogP) is 5.52. The number of aliphatic imine (C=N–C) groups is 1. The first-order valence-corrected chi connectivity index (χ1v) is 15.1. The molecule has 210 valence electrons. The lowest BCUT2D eigenvalue weighted by Gasteiger charge is -2.48. The molecule has 1 spiro atoms. The summed E-state index contributed by atoms with van der Waals surface area (Å²) in [6.45, 7) is 12.4. The van der Waals surface area contributed by atoms with Gasteiger partial charge in [0.1, 0.15) is 5.82 Å². The van der Waals surface area contributed by atoms with Gasteiger partial charge >= 0.3 is 0 Å². The summed E-state index contributed by atoms with van der Waals surface area (Å²) in [6.07, 6.45) is 15.9. The topological polar surface area (TPSA) is 67.8 Å². The molecule has 1 aromatic carbocycles. The van der Waals surface area contributed by atoms with Gasteiger partial charge in [0.05, 0.1) is 6.54 Å². The molecule has 2 fully saturated rings. The molecule has 1 amide bonds. The van der Waals surface area contributed by atoms with Gasteiger partial charge in [0.25, 0.3) is 5.91 Å². The first-order chi connectivity index (χ1) is 19.1. The van der Waals surface area contributed by atoms with E-state index in [1.54, 1.807) is 6.20 Å². The van der Waals surface area contributed by atoms with E-state index in [9.17, 15) is 4.79 Å². The van der Waals surface area contributed by atoms with Gasteiger partial charge in [-0.2, -0.15) is 0 Å². The number of likely N-dealkylation sites (tertiary alicyclic amines) is 2. The minimum atomic E-state index is 0.193. The smallest absolute Gasteiger partial charge is 0.253 e. The molecule has 2 saturated heterocycles. The minimum absolute atomic E-state index is 0.193. The number of aromatic amines is 1. The Morgan fingerprint density at radius 3 is 2.51 bits per heavy atom. The van der Waals surface area contributed by atoms with Crippen molar-refractivity contribution in [3.63, 3.8) is 0 Å². The Balaban J connectivity index is 1.17. The molecular formula is C32H46N6O. The molecule has 0 saturated carbocycles. The minimum Gasteiger partial charge on any atom is -0.348 e. The van der Waals surface area contributed by atoms with Crippen LogP contribution in [-0.4, -0.2) is 75.6 Å². The number of aromatic nitrogens is 2. The lowest BCUT2D eigenvalue weighted by Crippen LogP contribution is -2.51. The number of amides is 1. The molecule has 1 aromatic heterocycles. The van der Waals surface area contributed by atoms with E-state index < -0.39 is 0 Å². The number of nitrogens with zero attached hydrogens (tertiary/aromatic N) is 5. The molecule has 7 heteroatoms. The maximum Gasteiger partial charge on any atom is 0.253 e. The fourth-order valence-corrected chi connectivity index (χ4v) is 6.63. The van der Waals surface area contributed by atoms with Crippen LogP contribution in [0.15, 0.2) is 53.9 Å². The molecule has 7 nitrogen and oxygen atoms in total. The molecule has 5 rings (SSSR count). The standard InChI is InChI=1S/C32H46N6O/c1-3-26(4-2)21-36-19-13-32(14-20-36)12-6-18-38(25-32)31(39)28-10-8-27(9-11-28)22-37(23-29-7-5-15-33-29)24-30-34-16-17-35-30/h5,8-11,15-17,26H,3-4,6-7,12-14,18-25H2,1-2H3,(H,34,35). The summed E-state index contributed by atoms with van der Waals surface area (Å²) in [6, 6.07) is 8.29. The van der Waals surface area contributed by atoms with Crippen LogP contribution in [0.5, 0.6) is 0 Å². The molecule has 0 radical (unpaired) electrons. The zero-order chi connectivity index (χ0) is 27.1. The molecule has 2 aromatic rings. The second-order valence-corrected chi connectivity index (χ2v) is 12.0. The lowest BCUT2D eigenvalue weighted by atomic mass is 9.72. The molecule has 3 aliphatic rings. The number of hydrogen-bond donors (Lipinski definition) is 1. The fraction of sp³-hybridized carbons (Fsp3) is 0.594. The Morgan fingerprint density at radius 2 is 1.85 bits per heavy atom. The van der Waals surface area contributed by atoms with Crippen molar-refractivity contribution in [1.29, 1.82) is 0 Å². The van der Waals surface area contributed by atoms with Crippen LogP contribution in [0.1, 0.15) is 80.5 Å². The van der Waals surface area contributed by atoms with Crippen LogP contribution in [0.25, 0.3) is 0 Å². The number of nitrogens with one attached hydrogen (secondary N) is 1. The van der Waals surface area contributed by atoms with Crippen LogP contribution in [0.2, 0.25) is 0 Å². The first-order valence-electron chi connectivity index (χ1n) is 15.1. The maximum atomic E-state index is 13.6. The Labute approximate surface area is 234 Å². The van der Waals surface area contributed by atoms with E-state index in [-0.39, 0.29) is 5.91 Å². The van der Waals surface area contributed by atoms with Gasteiger partial charge in [0.15, 0.2) is 0 Å². The van der Waals surface area contributed by atoms with Crippen molar-refractivity contribution in [2.75, 3.05) is 39.3 Å². The summed E-state index contributed by atoms with van der Waals surface area (Å²) in [7, 11) is 0. The summed E-state index contributed by atoms with van der Waals surface area (Å²) in [4.78, 5) is 32.9. The average Bonchev–Trinajstić information content (AvgIpc) is 3.68. The van der Waals surface area contributed by atoms with Gasteiger partial charge in [-0.15, -0.1) is 0 Å². The van der Waals surface area contributed by atoms with E-state index in [1.807, 2.05) is 24.5 Å². The van der Waals surface area contributed by atoms with Crippen molar-refractivity contribution in [3.8, 4) is 0 Å². The highest BCUT2D eigenvalue weighted by atomic mass is 16.2. The molecule has 0 unspecified atom stereocenters. The third-order valence-electron chi connectivity index (χ3n) is 9.19. The number of carbonyl (C=O) groups excluding carboxylic acids is 1. The van der Waals surface area contributed by atoms with Gasteiger partial charge in [-0.25, -0.2) is 4.98 Å². The van der Waals surface area contributed by atoms with Crippen molar-refractivity contribution >= 4 is 11.6 Å². The number of hydrogen-bond acceptors (Lipinski definition) is 5. The first kappa shape index (κ1) is 27.8. The Bertz CT molecular complexity index is 1110. The van der Waals surface area contributed by atoms with Crippen LogP contribution in [0, 0.1) is 11.3 Å². The quantitative estimate of drug-likeness (QED) is 0.415. The highest BCUT2D eigenvalue weighted by molar-refractivity contribution is 5.94. The van der Waals surface area contributed by atoms with E-state index in [2.05, 4.69) is 61.7 Å². The number of carbonyl (C=O) groups is 1. The van der Waals surface area contributed by atoms with E-state index in [1.165, 1.54) is 63.0 Å². The van der Waals surface area contributed by atoms with E-state index in [0.717, 1.165) is 62.9 Å². The van der Waals surface area contributed by atoms with Crippen LogP contribution in [-0.2, 0) is 13.1 Å². The Hall–Kier alpha value is -2.77. The summed E-state index contributed by atoms with van der Waals surface area (Å²) >= 11 is 0. The van der Waals surface area contributed by atoms with Gasteiger partial charge in [0.2, 0.25) is 0 Å². The van der Waals surface area contributed by atoms with Crippen molar-refractivity contribution in [2.45, 2.75) is 71.9 Å². The largest absolute Gasteiger partial charge is 0.348 e. The highest BCUT2D eigenvalue weighted by Crippen LogP contribution is 2.40. The van der Waals surface area contributed by atoms with Gasteiger partial charge < -0.3 is 14.8 Å². The third kappa shape index (κ3) is 7.25. The second-order valence-electron chi connectivity index (χ2n) is 12.0. The number of allylic oxidation sites excluding steroid dienone is 1. The van der Waals surface area contributed by atoms with Crippen molar-refractivity contribution in [2.24, 2.45) is 16.3 Å². The SMILES string of the molecule is CCC(CC)CN1CCC2(CCCN(C(=O)c3ccc(CN(CC4=NC=CC4)Cc4ncc[nH]4)cc3)C2)CC1. The predicted molar refractivity (Wildman–Crippen MR) is 158 cm³/mol. The van der Waals surface area contributed by atoms with Gasteiger partial charge in [-0.3, -0.25) is 14.7 Å². The summed E-state index contributed by atoms with van der Waals surface area (Å²) in [5.41, 5.74) is 3.49. The third-order valence-corrected chi connectivity index (χ3v) is 9.19. The molecular weight excluding hydrogens is 484 g/mol. The molecule has 0 bridgehead atoms. The Morgan fingerprint density at radius 1 is 1.05 bits per heavy atom. The van der Waals surface area contributed by atoms with Crippen molar-refractivity contribution < 1.29 is 4.79 Å². The lowest BCUT2D eigenvalue weighted by molar-refractivity contribution is 0.0180. The number of H-pyrrole nitrogens is 1. The molecule has 4 heterocycles. The number of piperidine rings is 2. The monoisotopic (exact) mass is 530 g/mol. The normalized spacial score (nSPS) is 19.4. The summed E-state index contributed by atoms with van der Waals surface area (Å²) in [5, 5.41) is 0. The maximum absolute atomic E-state index is 13.6. The van der Waals surface area contributed by atoms with E-state index in [0.29, 0.717) is 5.41 Å². The van der Waals surface area contributed by atoms with Gasteiger partial charge in [-0.05, 0) is 67.8 Å². The summed E-state index contributed by atoms with van der Waals surface area (Å²) in [5.74, 6) is 1.96. The zero-order valence-corrected chi connectivity index (χ0v) is 23.9. The highest BCUT2D eigenvalue weighted by Gasteiger charge is 2.40. The molecule has 3 aliphatic heterocycles. The van der Waals surface area contributed by atoms with Crippen LogP contribution in [0.3, 0.4) is 0 Å². The number of imidazole rings is 1. The number of rotatable bonds is 11. The van der Waals surface area contributed by atoms with Gasteiger partial charge in [0, 0.05) is 69.0 Å². The number of benzene rings is 1. The van der Waals surface area contributed by atoms with E-state index >= 15 is 0 Å². The van der Waals surface area contributed by atoms with E-state index in [4.69, 9.17) is 0 Å². The second kappa shape index (κ2) is 13.1. The molecule has 1 N–H and O–H groups in total. The van der Waals surface area contributed by atoms with Crippen molar-refractivity contribution in [3.05, 3.63) is 65.9 Å². The zero-order valence-electron chi connectivity index (χ0n) is 23.9. The Kier molecular flexibility index (Phi) is 9.30. The average molecular weight is 531 g/mol. The van der Waals surface area contributed by atoms with Crippen LogP contribution in [0.4, 0.5) is 0 Å². The van der Waals surface area contributed by atoms with Gasteiger partial charge in [-0.1, -0.05) is 44.9 Å². The fourth-order valence-electron chi connectivity index (χ4n) is 6.63.